The fourth-order valence-corrected chi connectivity index (χ4v) is 6.52. The predicted octanol–water partition coefficient (Wildman–Crippen LogP) is 4.05. The number of amides is 1. The van der Waals surface area contributed by atoms with Gasteiger partial charge in [0.25, 0.3) is 17.0 Å². The number of carbonyl (C=O) groups is 2. The molecule has 1 atom stereocenters. The second-order valence-corrected chi connectivity index (χ2v) is 10.9. The lowest BCUT2D eigenvalue weighted by molar-refractivity contribution is -0.764. The number of rotatable bonds is 5. The second-order valence-electron chi connectivity index (χ2n) is 7.53. The van der Waals surface area contributed by atoms with Crippen LogP contribution in [0, 0.1) is 7.14 Å². The number of hydrogen-bond donors (Lipinski definition) is 0. The van der Waals surface area contributed by atoms with Gasteiger partial charge in [0, 0.05) is 30.3 Å². The summed E-state index contributed by atoms with van der Waals surface area (Å²) in [7, 11) is 0. The van der Waals surface area contributed by atoms with Crippen molar-refractivity contribution in [2.45, 2.75) is 38.5 Å². The Morgan fingerprint density at radius 2 is 1.88 bits per heavy atom. The zero-order chi connectivity index (χ0) is 24.6. The van der Waals surface area contributed by atoms with Gasteiger partial charge >= 0.3 is 5.97 Å². The van der Waals surface area contributed by atoms with E-state index in [-0.39, 0.29) is 5.91 Å². The van der Waals surface area contributed by atoms with Gasteiger partial charge in [0.1, 0.15) is 0 Å². The molecule has 0 bridgehead atoms. The van der Waals surface area contributed by atoms with Crippen LogP contribution < -0.4 is 19.4 Å². The van der Waals surface area contributed by atoms with Crippen molar-refractivity contribution in [2.75, 3.05) is 10.7 Å². The van der Waals surface area contributed by atoms with E-state index < -0.39 is 18.0 Å². The lowest BCUT2D eigenvalue weighted by Crippen LogP contribution is -2.58. The lowest BCUT2D eigenvalue weighted by atomic mass is 10.0. The van der Waals surface area contributed by atoms with Gasteiger partial charge in [0.2, 0.25) is 5.91 Å². The summed E-state index contributed by atoms with van der Waals surface area (Å²) in [5, 5.41) is 18.3. The minimum Gasteiger partial charge on any atom is -0.854 e. The molecule has 0 spiro atoms. The Bertz CT molecular complexity index is 1280. The van der Waals surface area contributed by atoms with E-state index >= 15 is 0 Å². The molecule has 0 fully saturated rings. The third-order valence-corrected chi connectivity index (χ3v) is 7.70. The van der Waals surface area contributed by atoms with Gasteiger partial charge in [-0.15, -0.1) is 0 Å². The van der Waals surface area contributed by atoms with Crippen LogP contribution in [0.2, 0.25) is 0 Å². The number of aromatic nitrogens is 3. The summed E-state index contributed by atoms with van der Waals surface area (Å²) in [4.78, 5) is 30.4. The number of benzene rings is 2. The Labute approximate surface area is 228 Å². The Kier molecular flexibility index (Phi) is 7.62. The first-order valence-electron chi connectivity index (χ1n) is 10.4. The Hall–Kier alpha value is -2.00. The van der Waals surface area contributed by atoms with Crippen molar-refractivity contribution >= 4 is 74.5 Å². The van der Waals surface area contributed by atoms with Crippen LogP contribution in [0.15, 0.2) is 41.6 Å². The van der Waals surface area contributed by atoms with Crippen molar-refractivity contribution in [3.8, 4) is 22.9 Å². The molecule has 2 heterocycles. The molecule has 1 aliphatic heterocycles. The molecule has 2 aromatic carbocycles. The summed E-state index contributed by atoms with van der Waals surface area (Å²) >= 11 is 5.61. The zero-order valence-electron chi connectivity index (χ0n) is 18.5. The molecule has 11 heteroatoms. The van der Waals surface area contributed by atoms with Crippen LogP contribution >= 0.6 is 56.9 Å². The maximum atomic E-state index is 13.2. The summed E-state index contributed by atoms with van der Waals surface area (Å²) < 4.78 is 8.39. The van der Waals surface area contributed by atoms with E-state index in [1.165, 1.54) is 25.6 Å². The highest BCUT2D eigenvalue weighted by Crippen LogP contribution is 2.42. The van der Waals surface area contributed by atoms with Crippen LogP contribution in [0.4, 0.5) is 5.69 Å². The van der Waals surface area contributed by atoms with Gasteiger partial charge in [0.05, 0.1) is 24.3 Å². The first-order valence-corrected chi connectivity index (χ1v) is 13.6. The lowest BCUT2D eigenvalue weighted by Gasteiger charge is -2.33. The molecule has 8 nitrogen and oxygen atoms in total. The summed E-state index contributed by atoms with van der Waals surface area (Å²) in [6, 6.07) is 11.0. The number of halogens is 2. The number of para-hydroxylation sites is 1. The third-order valence-electron chi connectivity index (χ3n) is 5.06. The summed E-state index contributed by atoms with van der Waals surface area (Å²) in [5.41, 5.74) is 2.27. The van der Waals surface area contributed by atoms with E-state index in [0.717, 1.165) is 17.7 Å². The highest BCUT2D eigenvalue weighted by molar-refractivity contribution is 14.1. The van der Waals surface area contributed by atoms with Crippen molar-refractivity contribution < 1.29 is 24.1 Å². The smallest absolute Gasteiger partial charge is 0.308 e. The van der Waals surface area contributed by atoms with Crippen LogP contribution in [0.3, 0.4) is 0 Å². The average molecular weight is 702 g/mol. The second kappa shape index (κ2) is 10.3. The third kappa shape index (κ3) is 4.73. The van der Waals surface area contributed by atoms with Crippen LogP contribution in [0.1, 0.15) is 38.9 Å². The highest BCUT2D eigenvalue weighted by Gasteiger charge is 2.44. The Morgan fingerprint density at radius 3 is 2.50 bits per heavy atom. The molecule has 0 saturated heterocycles. The maximum Gasteiger partial charge on any atom is 0.308 e. The number of anilines is 1. The van der Waals surface area contributed by atoms with Gasteiger partial charge < -0.3 is 9.84 Å². The summed E-state index contributed by atoms with van der Waals surface area (Å²) in [6.45, 7) is 4.89. The molecule has 1 aliphatic rings. The van der Waals surface area contributed by atoms with Crippen LogP contribution in [0.5, 0.6) is 11.6 Å². The molecular formula is C23H20I2N4O4S. The minimum absolute atomic E-state index is 0.196. The van der Waals surface area contributed by atoms with Crippen molar-refractivity contribution in [1.29, 1.82) is 0 Å². The van der Waals surface area contributed by atoms with E-state index in [9.17, 15) is 14.7 Å². The molecule has 0 radical (unpaired) electrons. The van der Waals surface area contributed by atoms with Gasteiger partial charge in [-0.05, 0) is 75.9 Å². The number of carbonyl (C=O) groups excluding carboxylic acids is 2. The first kappa shape index (κ1) is 25.1. The summed E-state index contributed by atoms with van der Waals surface area (Å²) in [6.07, 6.45) is 0.191. The van der Waals surface area contributed by atoms with E-state index in [1.807, 2.05) is 37.3 Å². The zero-order valence-corrected chi connectivity index (χ0v) is 23.7. The van der Waals surface area contributed by atoms with Gasteiger partial charge in [-0.3, -0.25) is 9.59 Å². The molecule has 3 aromatic rings. The van der Waals surface area contributed by atoms with E-state index in [0.29, 0.717) is 35.0 Å². The highest BCUT2D eigenvalue weighted by atomic mass is 127. The van der Waals surface area contributed by atoms with E-state index in [1.54, 1.807) is 15.6 Å². The normalized spacial score (nSPS) is 14.4. The number of nitrogens with zero attached hydrogens (tertiary/aromatic N) is 4. The fraction of sp³-hybridized carbons (Fsp3) is 0.261. The molecule has 0 aliphatic carbocycles. The van der Waals surface area contributed by atoms with Crippen molar-refractivity contribution in [3.05, 3.63) is 49.1 Å². The average Bonchev–Trinajstić information content (AvgIpc) is 2.78. The SMILES string of the molecule is CCCSc1nc([O-])c2[n+](n1)C(c1cc(I)c(OC(C)=O)c(I)c1)N(C(C)=O)c1ccccc1-2. The molecule has 34 heavy (non-hydrogen) atoms. The fourth-order valence-electron chi connectivity index (χ4n) is 3.80. The van der Waals surface area contributed by atoms with Crippen LogP contribution in [-0.2, 0) is 9.59 Å². The van der Waals surface area contributed by atoms with Crippen molar-refractivity contribution in [1.82, 2.24) is 10.1 Å². The molecule has 176 valence electrons. The van der Waals surface area contributed by atoms with Gasteiger partial charge in [-0.25, -0.2) is 9.88 Å². The summed E-state index contributed by atoms with van der Waals surface area (Å²) in [5.74, 6) is 0.221. The monoisotopic (exact) mass is 702 g/mol. The Balaban J connectivity index is 1.99. The number of fused-ring (bicyclic) bond motifs is 3. The number of hydrogen-bond acceptors (Lipinski definition) is 7. The minimum atomic E-state index is -0.715. The van der Waals surface area contributed by atoms with Gasteiger partial charge in [-0.1, -0.05) is 35.5 Å². The Morgan fingerprint density at radius 1 is 1.21 bits per heavy atom. The molecule has 0 saturated carbocycles. The topological polar surface area (TPSA) is 99.3 Å². The van der Waals surface area contributed by atoms with Crippen LogP contribution in [0.25, 0.3) is 11.3 Å². The number of esters is 1. The predicted molar refractivity (Wildman–Crippen MR) is 143 cm³/mol. The van der Waals surface area contributed by atoms with Gasteiger partial charge in [0.15, 0.2) is 5.75 Å². The van der Waals surface area contributed by atoms with Crippen molar-refractivity contribution in [3.63, 3.8) is 0 Å². The first-order chi connectivity index (χ1) is 16.2. The molecular weight excluding hydrogens is 682 g/mol. The molecule has 1 amide bonds. The maximum absolute atomic E-state index is 13.2. The quantitative estimate of drug-likeness (QED) is 0.130. The molecule has 1 aromatic heterocycles. The van der Waals surface area contributed by atoms with Crippen molar-refractivity contribution in [2.24, 2.45) is 0 Å². The molecule has 1 unspecified atom stereocenters. The van der Waals surface area contributed by atoms with Gasteiger partial charge in [-0.2, -0.15) is 0 Å². The van der Waals surface area contributed by atoms with Crippen LogP contribution in [-0.4, -0.2) is 27.7 Å². The van der Waals surface area contributed by atoms with E-state index in [4.69, 9.17) is 9.84 Å². The number of thioether (sulfide) groups is 1. The molecule has 0 N–H and O–H groups in total. The standard InChI is InChI=1S/C23H20I2N4O4S/c1-4-9-34-23-26-21(32)19-15-7-5-6-8-18(15)28(12(2)30)22(29(19)27-23)14-10-16(24)20(17(25)11-14)33-13(3)31/h5-8,10-11,22H,4,9H2,1-3H3. The largest absolute Gasteiger partial charge is 0.854 e. The van der Waals surface area contributed by atoms with E-state index in [2.05, 4.69) is 50.2 Å². The molecule has 4 rings (SSSR count). The number of ether oxygens (including phenoxy) is 1.